The Hall–Kier alpha value is -2.68. The lowest BCUT2D eigenvalue weighted by Gasteiger charge is -2.23. The van der Waals surface area contributed by atoms with Crippen molar-refractivity contribution in [1.82, 2.24) is 20.3 Å². The molecule has 0 spiro atoms. The Bertz CT molecular complexity index is 1020. The van der Waals surface area contributed by atoms with E-state index >= 15 is 0 Å². The van der Waals surface area contributed by atoms with Crippen molar-refractivity contribution in [1.29, 1.82) is 0 Å². The molecule has 33 heavy (non-hydrogen) atoms. The van der Waals surface area contributed by atoms with Gasteiger partial charge in [0.1, 0.15) is 5.82 Å². The lowest BCUT2D eigenvalue weighted by atomic mass is 10.2. The standard InChI is InChI=1S/C17H23N5O.2CH4O3S/c1-4-5-12-22(17(23)20-13(2)3)15-8-11-19-16(21-15)14-6-9-18-10-7-14;2*1-5(2,3)4/h6-11,13H,4-5,12H2,1-3H3,(H,20,23);2*1H3,(H,2,3,4). The molecule has 2 rings (SSSR count). The molecule has 2 aromatic heterocycles. The highest BCUT2D eigenvalue weighted by Crippen LogP contribution is 2.18. The number of anilines is 1. The predicted octanol–water partition coefficient (Wildman–Crippen LogP) is 2.27. The SMILES string of the molecule is CCCCN(C(=O)NC(C)C)c1ccnc(-c2ccncc2)n1.CS(=O)(=O)O.CS(=O)(=O)O. The summed E-state index contributed by atoms with van der Waals surface area (Å²) < 4.78 is 51.7. The first-order valence-electron chi connectivity index (χ1n) is 9.78. The second kappa shape index (κ2) is 14.5. The Kier molecular flexibility index (Phi) is 13.3. The molecule has 14 heteroatoms. The molecule has 0 bridgehead atoms. The zero-order chi connectivity index (χ0) is 25.7. The van der Waals surface area contributed by atoms with E-state index in [1.165, 1.54) is 0 Å². The summed E-state index contributed by atoms with van der Waals surface area (Å²) in [6.07, 6.45) is 8.44. The van der Waals surface area contributed by atoms with Crippen LogP contribution in [0.4, 0.5) is 10.6 Å². The van der Waals surface area contributed by atoms with E-state index in [0.29, 0.717) is 30.7 Å². The zero-order valence-corrected chi connectivity index (χ0v) is 20.8. The molecule has 3 N–H and O–H groups in total. The molecule has 12 nitrogen and oxygen atoms in total. The third kappa shape index (κ3) is 17.5. The topological polar surface area (TPSA) is 180 Å². The van der Waals surface area contributed by atoms with Crippen LogP contribution in [0.25, 0.3) is 11.4 Å². The highest BCUT2D eigenvalue weighted by Gasteiger charge is 2.18. The van der Waals surface area contributed by atoms with Crippen molar-refractivity contribution >= 4 is 32.1 Å². The number of nitrogens with one attached hydrogen (secondary N) is 1. The maximum Gasteiger partial charge on any atom is 0.323 e. The zero-order valence-electron chi connectivity index (χ0n) is 19.2. The minimum Gasteiger partial charge on any atom is -0.335 e. The van der Waals surface area contributed by atoms with Crippen molar-refractivity contribution in [3.8, 4) is 11.4 Å². The molecule has 0 aliphatic carbocycles. The van der Waals surface area contributed by atoms with Crippen molar-refractivity contribution in [2.75, 3.05) is 24.0 Å². The summed E-state index contributed by atoms with van der Waals surface area (Å²) in [5.74, 6) is 1.20. The van der Waals surface area contributed by atoms with Crippen LogP contribution in [0, 0.1) is 0 Å². The van der Waals surface area contributed by atoms with Crippen molar-refractivity contribution in [3.63, 3.8) is 0 Å². The number of aromatic nitrogens is 3. The second-order valence-corrected chi connectivity index (χ2v) is 9.98. The average molecular weight is 506 g/mol. The van der Waals surface area contributed by atoms with E-state index in [-0.39, 0.29) is 12.1 Å². The number of unbranched alkanes of at least 4 members (excludes halogenated alkanes) is 1. The molecule has 0 saturated heterocycles. The summed E-state index contributed by atoms with van der Waals surface area (Å²) in [4.78, 5) is 27.0. The van der Waals surface area contributed by atoms with Crippen molar-refractivity contribution < 1.29 is 30.7 Å². The quantitative estimate of drug-likeness (QED) is 0.493. The van der Waals surface area contributed by atoms with E-state index < -0.39 is 20.2 Å². The van der Waals surface area contributed by atoms with Gasteiger partial charge in [0, 0.05) is 36.7 Å². The van der Waals surface area contributed by atoms with Gasteiger partial charge in [0.25, 0.3) is 20.2 Å². The van der Waals surface area contributed by atoms with Gasteiger partial charge in [-0.15, -0.1) is 0 Å². The fourth-order valence-electron chi connectivity index (χ4n) is 2.10. The van der Waals surface area contributed by atoms with Gasteiger partial charge in [0.05, 0.1) is 12.5 Å². The Balaban J connectivity index is 0.000000859. The van der Waals surface area contributed by atoms with Crippen LogP contribution in [0.5, 0.6) is 0 Å². The van der Waals surface area contributed by atoms with E-state index in [0.717, 1.165) is 18.4 Å². The Morgan fingerprint density at radius 1 is 1.03 bits per heavy atom. The molecule has 2 aromatic rings. The predicted molar refractivity (Wildman–Crippen MR) is 126 cm³/mol. The van der Waals surface area contributed by atoms with E-state index in [2.05, 4.69) is 27.2 Å². The molecular formula is C19H31N5O7S2. The molecule has 0 atom stereocenters. The van der Waals surface area contributed by atoms with Crippen molar-refractivity contribution in [3.05, 3.63) is 36.8 Å². The van der Waals surface area contributed by atoms with Crippen molar-refractivity contribution in [2.24, 2.45) is 0 Å². The monoisotopic (exact) mass is 505 g/mol. The fraction of sp³-hybridized carbons (Fsp3) is 0.474. The van der Waals surface area contributed by atoms with Gasteiger partial charge in [-0.3, -0.25) is 19.0 Å². The summed E-state index contributed by atoms with van der Waals surface area (Å²) in [5, 5.41) is 2.93. The summed E-state index contributed by atoms with van der Waals surface area (Å²) in [6, 6.07) is 5.41. The van der Waals surface area contributed by atoms with Crippen LogP contribution in [0.15, 0.2) is 36.8 Å². The lowest BCUT2D eigenvalue weighted by Crippen LogP contribution is -2.44. The average Bonchev–Trinajstić information content (AvgIpc) is 2.66. The van der Waals surface area contributed by atoms with E-state index in [1.54, 1.807) is 29.6 Å². The number of hydrogen-bond donors (Lipinski definition) is 3. The third-order valence-electron chi connectivity index (χ3n) is 3.25. The molecule has 0 saturated carbocycles. The summed E-state index contributed by atoms with van der Waals surface area (Å²) in [7, 11) is -7.33. The van der Waals surface area contributed by atoms with Gasteiger partial charge in [-0.1, -0.05) is 13.3 Å². The van der Waals surface area contributed by atoms with Crippen molar-refractivity contribution in [2.45, 2.75) is 39.7 Å². The number of hydrogen-bond acceptors (Lipinski definition) is 8. The highest BCUT2D eigenvalue weighted by molar-refractivity contribution is 7.85. The maximum absolute atomic E-state index is 12.5. The molecule has 0 fully saturated rings. The largest absolute Gasteiger partial charge is 0.335 e. The van der Waals surface area contributed by atoms with Gasteiger partial charge in [0.2, 0.25) is 0 Å². The minimum absolute atomic E-state index is 0.0770. The molecule has 0 radical (unpaired) electrons. The van der Waals surface area contributed by atoms with E-state index in [1.807, 2.05) is 26.0 Å². The van der Waals surface area contributed by atoms with Gasteiger partial charge in [-0.2, -0.15) is 16.8 Å². The first kappa shape index (κ1) is 30.3. The Morgan fingerprint density at radius 3 is 2.00 bits per heavy atom. The number of rotatable bonds is 6. The normalized spacial score (nSPS) is 10.9. The van der Waals surface area contributed by atoms with Crippen LogP contribution in [-0.2, 0) is 20.2 Å². The number of pyridine rings is 1. The lowest BCUT2D eigenvalue weighted by molar-refractivity contribution is 0.243. The molecule has 2 amide bonds. The number of carbonyl (C=O) groups is 1. The minimum atomic E-state index is -3.67. The molecule has 0 aromatic carbocycles. The molecule has 0 aliphatic heterocycles. The van der Waals surface area contributed by atoms with E-state index in [4.69, 9.17) is 9.11 Å². The van der Waals surface area contributed by atoms with Gasteiger partial charge >= 0.3 is 6.03 Å². The van der Waals surface area contributed by atoms with Crippen LogP contribution in [0.3, 0.4) is 0 Å². The molecular weight excluding hydrogens is 474 g/mol. The number of urea groups is 1. The highest BCUT2D eigenvalue weighted by atomic mass is 32.2. The van der Waals surface area contributed by atoms with E-state index in [9.17, 15) is 21.6 Å². The van der Waals surface area contributed by atoms with Crippen LogP contribution in [0.2, 0.25) is 0 Å². The van der Waals surface area contributed by atoms with Gasteiger partial charge in [-0.05, 0) is 38.5 Å². The summed E-state index contributed by atoms with van der Waals surface area (Å²) in [6.45, 7) is 6.61. The Labute approximate surface area is 195 Å². The first-order valence-corrected chi connectivity index (χ1v) is 13.5. The number of carbonyl (C=O) groups excluding carboxylic acids is 1. The van der Waals surface area contributed by atoms with Gasteiger partial charge in [-0.25, -0.2) is 14.8 Å². The Morgan fingerprint density at radius 2 is 1.55 bits per heavy atom. The number of nitrogens with zero attached hydrogens (tertiary/aromatic N) is 4. The second-order valence-electron chi connectivity index (χ2n) is 7.05. The number of amides is 2. The smallest absolute Gasteiger partial charge is 0.323 e. The van der Waals surface area contributed by atoms with Gasteiger partial charge < -0.3 is 5.32 Å². The van der Waals surface area contributed by atoms with Crippen LogP contribution >= 0.6 is 0 Å². The van der Waals surface area contributed by atoms with Crippen LogP contribution < -0.4 is 10.2 Å². The molecule has 186 valence electrons. The van der Waals surface area contributed by atoms with Crippen LogP contribution in [0.1, 0.15) is 33.6 Å². The van der Waals surface area contributed by atoms with Gasteiger partial charge in [0.15, 0.2) is 5.82 Å². The van der Waals surface area contributed by atoms with Crippen LogP contribution in [-0.4, -0.2) is 72.0 Å². The third-order valence-corrected chi connectivity index (χ3v) is 3.25. The molecule has 2 heterocycles. The first-order chi connectivity index (χ1) is 15.1. The maximum atomic E-state index is 12.5. The molecule has 0 unspecified atom stereocenters. The summed E-state index contributed by atoms with van der Waals surface area (Å²) in [5.41, 5.74) is 0.876. The molecule has 0 aliphatic rings. The fourth-order valence-corrected chi connectivity index (χ4v) is 2.10. The summed E-state index contributed by atoms with van der Waals surface area (Å²) >= 11 is 0.